The number of hydrogen-bond acceptors (Lipinski definition) is 5. The lowest BCUT2D eigenvalue weighted by atomic mass is 10.2. The summed E-state index contributed by atoms with van der Waals surface area (Å²) in [6, 6.07) is 6.22. The van der Waals surface area contributed by atoms with Crippen molar-refractivity contribution in [2.45, 2.75) is 45.1 Å². The second kappa shape index (κ2) is 7.31. The minimum absolute atomic E-state index is 0.0131. The average molecular weight is 343 g/mol. The zero-order valence-electron chi connectivity index (χ0n) is 14.2. The number of aliphatic hydroxyl groups excluding tert-OH is 1. The average Bonchev–Trinajstić information content (AvgIpc) is 2.42. The number of sulfonamides is 1. The zero-order valence-corrected chi connectivity index (χ0v) is 15.1. The summed E-state index contributed by atoms with van der Waals surface area (Å²) in [5.74, 6) is -0.400. The molecule has 1 rings (SSSR count). The predicted molar refractivity (Wildman–Crippen MR) is 87.6 cm³/mol. The highest BCUT2D eigenvalue weighted by Gasteiger charge is 2.33. The fourth-order valence-electron chi connectivity index (χ4n) is 1.76. The number of nitrogens with zero attached hydrogens (tertiary/aromatic N) is 1. The van der Waals surface area contributed by atoms with E-state index in [4.69, 9.17) is 4.74 Å². The Morgan fingerprint density at radius 2 is 1.78 bits per heavy atom. The highest BCUT2D eigenvalue weighted by molar-refractivity contribution is 7.89. The third kappa shape index (κ3) is 5.51. The number of amides is 1. The second-order valence-corrected chi connectivity index (χ2v) is 8.48. The van der Waals surface area contributed by atoms with Crippen LogP contribution in [0.2, 0.25) is 0 Å². The normalized spacial score (nSPS) is 13.5. The molecule has 0 radical (unpaired) electrons. The molecule has 0 aliphatic heterocycles. The van der Waals surface area contributed by atoms with Gasteiger partial charge >= 0.3 is 6.09 Å². The number of carbonyl (C=O) groups is 1. The Balaban J connectivity index is 3.21. The quantitative estimate of drug-likeness (QED) is 0.888. The Hall–Kier alpha value is -1.60. The van der Waals surface area contributed by atoms with Crippen LogP contribution >= 0.6 is 0 Å². The molecule has 0 saturated heterocycles. The summed E-state index contributed by atoms with van der Waals surface area (Å²) in [7, 11) is -4.05. The molecule has 1 atom stereocenters. The Morgan fingerprint density at radius 3 is 2.22 bits per heavy atom. The Kier molecular flexibility index (Phi) is 6.18. The van der Waals surface area contributed by atoms with Crippen molar-refractivity contribution in [3.05, 3.63) is 29.8 Å². The van der Waals surface area contributed by atoms with Gasteiger partial charge in [-0.25, -0.2) is 17.5 Å². The van der Waals surface area contributed by atoms with Gasteiger partial charge in [0.05, 0.1) is 4.90 Å². The van der Waals surface area contributed by atoms with Gasteiger partial charge in [0, 0.05) is 13.2 Å². The van der Waals surface area contributed by atoms with Gasteiger partial charge in [0.25, 0.3) is 10.0 Å². The first-order chi connectivity index (χ1) is 10.5. The summed E-state index contributed by atoms with van der Waals surface area (Å²) in [5, 5.41) is 9.20. The van der Waals surface area contributed by atoms with Crippen LogP contribution in [0.25, 0.3) is 0 Å². The van der Waals surface area contributed by atoms with E-state index < -0.39 is 27.6 Å². The molecule has 0 spiro atoms. The van der Waals surface area contributed by atoms with Gasteiger partial charge in [-0.1, -0.05) is 24.6 Å². The van der Waals surface area contributed by atoms with Gasteiger partial charge in [-0.05, 0) is 45.7 Å². The van der Waals surface area contributed by atoms with E-state index in [0.717, 1.165) is 5.56 Å². The van der Waals surface area contributed by atoms with Crippen molar-refractivity contribution in [2.24, 2.45) is 5.92 Å². The molecule has 0 unspecified atom stereocenters. The maximum Gasteiger partial charge on any atom is 0.424 e. The van der Waals surface area contributed by atoms with Gasteiger partial charge in [0.2, 0.25) is 0 Å². The highest BCUT2D eigenvalue weighted by Crippen LogP contribution is 2.21. The molecule has 0 aliphatic rings. The highest BCUT2D eigenvalue weighted by atomic mass is 32.2. The molecule has 6 nitrogen and oxygen atoms in total. The van der Waals surface area contributed by atoms with Crippen LogP contribution in [0.4, 0.5) is 4.79 Å². The van der Waals surface area contributed by atoms with Crippen LogP contribution in [-0.2, 0) is 14.8 Å². The van der Waals surface area contributed by atoms with Gasteiger partial charge < -0.3 is 9.84 Å². The van der Waals surface area contributed by atoms with Crippen LogP contribution in [0, 0.1) is 12.8 Å². The third-order valence-corrected chi connectivity index (χ3v) is 4.74. The van der Waals surface area contributed by atoms with E-state index in [0.29, 0.717) is 4.31 Å². The molecule has 1 amide bonds. The van der Waals surface area contributed by atoms with Crippen LogP contribution in [0.1, 0.15) is 33.3 Å². The lowest BCUT2D eigenvalue weighted by molar-refractivity contribution is 0.0364. The van der Waals surface area contributed by atoms with Crippen LogP contribution in [-0.4, -0.2) is 42.7 Å². The molecule has 0 heterocycles. The van der Waals surface area contributed by atoms with Crippen molar-refractivity contribution in [3.63, 3.8) is 0 Å². The summed E-state index contributed by atoms with van der Waals surface area (Å²) in [6.45, 7) is 8.10. The van der Waals surface area contributed by atoms with Gasteiger partial charge in [0.15, 0.2) is 0 Å². The van der Waals surface area contributed by atoms with Crippen LogP contribution < -0.4 is 0 Å². The largest absolute Gasteiger partial charge is 0.443 e. The fourth-order valence-corrected chi connectivity index (χ4v) is 3.18. The van der Waals surface area contributed by atoms with Crippen LogP contribution in [0.5, 0.6) is 0 Å². The van der Waals surface area contributed by atoms with Crippen molar-refractivity contribution in [2.75, 3.05) is 13.2 Å². The number of aliphatic hydroxyl groups is 1. The second-order valence-electron chi connectivity index (χ2n) is 6.62. The monoisotopic (exact) mass is 343 g/mol. The van der Waals surface area contributed by atoms with Gasteiger partial charge in [-0.2, -0.15) is 0 Å². The standard InChI is InChI=1S/C16H25NO5S/c1-12-6-8-14(9-7-12)23(20,21)17(10-13(2)11-18)15(19)22-16(3,4)5/h6-9,13,18H,10-11H2,1-5H3/t13-/m0/s1. The van der Waals surface area contributed by atoms with E-state index in [2.05, 4.69) is 0 Å². The molecule has 1 aromatic rings. The maximum atomic E-state index is 12.8. The molecule has 0 bridgehead atoms. The van der Waals surface area contributed by atoms with E-state index in [1.54, 1.807) is 39.8 Å². The van der Waals surface area contributed by atoms with E-state index in [-0.39, 0.29) is 18.0 Å². The molecular formula is C16H25NO5S. The lowest BCUT2D eigenvalue weighted by Gasteiger charge is -2.28. The van der Waals surface area contributed by atoms with Crippen molar-refractivity contribution in [1.82, 2.24) is 4.31 Å². The summed E-state index contributed by atoms with van der Waals surface area (Å²) in [6.07, 6.45) is -0.946. The summed E-state index contributed by atoms with van der Waals surface area (Å²) >= 11 is 0. The number of aryl methyl sites for hydroxylation is 1. The molecule has 130 valence electrons. The molecule has 0 fully saturated rings. The summed E-state index contributed by atoms with van der Waals surface area (Å²) < 4.78 is 31.4. The topological polar surface area (TPSA) is 83.9 Å². The van der Waals surface area contributed by atoms with Crippen molar-refractivity contribution in [3.8, 4) is 0 Å². The predicted octanol–water partition coefficient (Wildman–Crippen LogP) is 2.55. The number of rotatable bonds is 5. The molecule has 0 aromatic heterocycles. The minimum atomic E-state index is -4.05. The Labute approximate surface area is 138 Å². The number of ether oxygens (including phenoxy) is 1. The van der Waals surface area contributed by atoms with Crippen molar-refractivity contribution < 1.29 is 23.1 Å². The first-order valence-electron chi connectivity index (χ1n) is 7.40. The Morgan fingerprint density at radius 1 is 1.26 bits per heavy atom. The first kappa shape index (κ1) is 19.4. The van der Waals surface area contributed by atoms with Gasteiger partial charge in [-0.3, -0.25) is 0 Å². The van der Waals surface area contributed by atoms with Crippen molar-refractivity contribution in [1.29, 1.82) is 0 Å². The SMILES string of the molecule is Cc1ccc(S(=O)(=O)N(C[C@H](C)CO)C(=O)OC(C)(C)C)cc1. The van der Waals surface area contributed by atoms with Gasteiger partial charge in [-0.15, -0.1) is 0 Å². The molecule has 1 aromatic carbocycles. The van der Waals surface area contributed by atoms with Crippen LogP contribution in [0.3, 0.4) is 0 Å². The van der Waals surface area contributed by atoms with E-state index >= 15 is 0 Å². The number of hydrogen-bond donors (Lipinski definition) is 1. The number of benzene rings is 1. The molecule has 7 heteroatoms. The van der Waals surface area contributed by atoms with E-state index in [1.165, 1.54) is 12.1 Å². The Bertz CT molecular complexity index is 631. The lowest BCUT2D eigenvalue weighted by Crippen LogP contribution is -2.43. The van der Waals surface area contributed by atoms with Gasteiger partial charge in [0.1, 0.15) is 5.60 Å². The zero-order chi connectivity index (χ0) is 17.8. The van der Waals surface area contributed by atoms with Crippen LogP contribution in [0.15, 0.2) is 29.2 Å². The van der Waals surface area contributed by atoms with E-state index in [9.17, 15) is 18.3 Å². The summed E-state index contributed by atoms with van der Waals surface area (Å²) in [4.78, 5) is 12.4. The molecular weight excluding hydrogens is 318 g/mol. The van der Waals surface area contributed by atoms with Crippen molar-refractivity contribution >= 4 is 16.1 Å². The smallest absolute Gasteiger partial charge is 0.424 e. The first-order valence-corrected chi connectivity index (χ1v) is 8.84. The summed E-state index contributed by atoms with van der Waals surface area (Å²) in [5.41, 5.74) is 0.0946. The molecule has 0 aliphatic carbocycles. The maximum absolute atomic E-state index is 12.8. The molecule has 1 N–H and O–H groups in total. The van der Waals surface area contributed by atoms with E-state index in [1.807, 2.05) is 6.92 Å². The minimum Gasteiger partial charge on any atom is -0.443 e. The fraction of sp³-hybridized carbons (Fsp3) is 0.562. The number of carbonyl (C=O) groups excluding carboxylic acids is 1. The molecule has 23 heavy (non-hydrogen) atoms. The molecule has 0 saturated carbocycles. The third-order valence-electron chi connectivity index (χ3n) is 3.00.